The lowest BCUT2D eigenvalue weighted by Gasteiger charge is -2.22. The zero-order chi connectivity index (χ0) is 19.8. The highest BCUT2D eigenvalue weighted by Gasteiger charge is 2.48. The lowest BCUT2D eigenvalue weighted by atomic mass is 9.91. The Balaban J connectivity index is 1.82. The van der Waals surface area contributed by atoms with Gasteiger partial charge in [0, 0.05) is 23.7 Å². The summed E-state index contributed by atoms with van der Waals surface area (Å²) >= 11 is -0.253. The number of nitrogens with one attached hydrogen (secondary N) is 1. The summed E-state index contributed by atoms with van der Waals surface area (Å²) in [5.41, 5.74) is -3.56. The van der Waals surface area contributed by atoms with E-state index in [0.29, 0.717) is 0 Å². The van der Waals surface area contributed by atoms with Crippen LogP contribution >= 0.6 is 11.8 Å². The largest absolute Gasteiger partial charge is 0.446 e. The Bertz CT molecular complexity index is 886. The highest BCUT2D eigenvalue weighted by molar-refractivity contribution is 8.00. The Morgan fingerprint density at radius 2 is 1.85 bits per heavy atom. The normalized spacial score (nSPS) is 20.1. The van der Waals surface area contributed by atoms with Crippen LogP contribution in [0, 0.1) is 6.92 Å². The molecule has 3 rings (SSSR count). The summed E-state index contributed by atoms with van der Waals surface area (Å²) < 4.78 is 37.3. The smallest absolute Gasteiger partial charge is 0.323 e. The summed E-state index contributed by atoms with van der Waals surface area (Å²) in [5.74, 6) is -0.458. The molecule has 0 aliphatic carbocycles. The molecular formula is C18H16F3N3O2S. The number of nitrogens with zero attached hydrogens (tertiary/aromatic N) is 2. The quantitative estimate of drug-likeness (QED) is 0.627. The molecule has 1 atom stereocenters. The number of alkyl halides is 3. The number of anilines is 1. The first kappa shape index (κ1) is 19.2. The van der Waals surface area contributed by atoms with Gasteiger partial charge in [-0.1, -0.05) is 0 Å². The maximum Gasteiger partial charge on any atom is 0.446 e. The van der Waals surface area contributed by atoms with Gasteiger partial charge >= 0.3 is 11.5 Å². The highest BCUT2D eigenvalue weighted by Crippen LogP contribution is 2.38. The lowest BCUT2D eigenvalue weighted by Crippen LogP contribution is -2.46. The number of aryl methyl sites for hydroxylation is 1. The van der Waals surface area contributed by atoms with Crippen LogP contribution in [0.1, 0.15) is 18.1 Å². The van der Waals surface area contributed by atoms with E-state index in [2.05, 4.69) is 10.3 Å². The Morgan fingerprint density at radius 1 is 1.19 bits per heavy atom. The number of hydrogen-bond donors (Lipinski definition) is 1. The number of hydrogen-bond acceptors (Lipinski definition) is 4. The van der Waals surface area contributed by atoms with E-state index < -0.39 is 23.0 Å². The van der Waals surface area contributed by atoms with Crippen LogP contribution in [0.15, 0.2) is 47.6 Å². The van der Waals surface area contributed by atoms with E-state index in [1.165, 1.54) is 24.3 Å². The topological polar surface area (TPSA) is 62.3 Å². The van der Waals surface area contributed by atoms with Crippen molar-refractivity contribution in [1.29, 1.82) is 0 Å². The van der Waals surface area contributed by atoms with Gasteiger partial charge < -0.3 is 5.32 Å². The molecular weight excluding hydrogens is 379 g/mol. The standard InChI is InChI=1S/C18H16F3N3O2S/c1-11-10-22-8-7-12(11)9-17(2)15(25)24(16(26)23-17)13-3-5-14(6-4-13)27-18(19,20)21/h3-8,10H,9H2,1-2H3,(H,23,26)/t17-/m1/s1. The van der Waals surface area contributed by atoms with Crippen LogP contribution in [0.3, 0.4) is 0 Å². The summed E-state index contributed by atoms with van der Waals surface area (Å²) in [6, 6.07) is 6.30. The number of amides is 3. The summed E-state index contributed by atoms with van der Waals surface area (Å²) in [7, 11) is 0. The molecule has 1 aliphatic heterocycles. The molecule has 0 radical (unpaired) electrons. The third-order valence-corrected chi connectivity index (χ3v) is 5.01. The van der Waals surface area contributed by atoms with Crippen molar-refractivity contribution in [3.63, 3.8) is 0 Å². The van der Waals surface area contributed by atoms with Gasteiger partial charge in [0.15, 0.2) is 0 Å². The Hall–Kier alpha value is -2.55. The van der Waals surface area contributed by atoms with Crippen LogP contribution in [0.4, 0.5) is 23.7 Å². The molecule has 0 unspecified atom stereocenters. The number of imide groups is 1. The molecule has 1 aliphatic rings. The van der Waals surface area contributed by atoms with Crippen LogP contribution < -0.4 is 10.2 Å². The monoisotopic (exact) mass is 395 g/mol. The number of thioether (sulfide) groups is 1. The van der Waals surface area contributed by atoms with Crippen LogP contribution in [0.2, 0.25) is 0 Å². The van der Waals surface area contributed by atoms with Gasteiger partial charge in [-0.2, -0.15) is 13.2 Å². The first-order valence-electron chi connectivity index (χ1n) is 8.01. The number of pyridine rings is 1. The van der Waals surface area contributed by atoms with Gasteiger partial charge in [-0.25, -0.2) is 9.69 Å². The SMILES string of the molecule is Cc1cnccc1C[C@@]1(C)NC(=O)N(c2ccc(SC(F)(F)F)cc2)C1=O. The van der Waals surface area contributed by atoms with Crippen LogP contribution in [0.25, 0.3) is 0 Å². The first-order chi connectivity index (χ1) is 12.6. The Labute approximate surface area is 158 Å². The molecule has 1 aromatic heterocycles. The second-order valence-corrected chi connectivity index (χ2v) is 7.56. The fraction of sp³-hybridized carbons (Fsp3) is 0.278. The third-order valence-electron chi connectivity index (χ3n) is 4.27. The van der Waals surface area contributed by atoms with Gasteiger partial charge in [0.05, 0.1) is 5.69 Å². The molecule has 1 saturated heterocycles. The highest BCUT2D eigenvalue weighted by atomic mass is 32.2. The predicted molar refractivity (Wildman–Crippen MR) is 95.5 cm³/mol. The summed E-state index contributed by atoms with van der Waals surface area (Å²) in [5, 5.41) is 2.69. The number of benzene rings is 1. The van der Waals surface area contributed by atoms with Gasteiger partial charge in [-0.3, -0.25) is 9.78 Å². The van der Waals surface area contributed by atoms with Gasteiger partial charge in [0.25, 0.3) is 5.91 Å². The number of rotatable bonds is 4. The van der Waals surface area contributed by atoms with Gasteiger partial charge in [0.1, 0.15) is 5.54 Å². The molecule has 1 fully saturated rings. The minimum Gasteiger partial charge on any atom is -0.323 e. The molecule has 0 bridgehead atoms. The number of urea groups is 1. The average Bonchev–Trinajstić information content (AvgIpc) is 2.78. The fourth-order valence-corrected chi connectivity index (χ4v) is 3.46. The average molecular weight is 395 g/mol. The van der Waals surface area contributed by atoms with E-state index in [9.17, 15) is 22.8 Å². The lowest BCUT2D eigenvalue weighted by molar-refractivity contribution is -0.121. The van der Waals surface area contributed by atoms with Crippen molar-refractivity contribution in [3.05, 3.63) is 53.9 Å². The fourth-order valence-electron chi connectivity index (χ4n) is 2.92. The number of halogens is 3. The third kappa shape index (κ3) is 4.08. The van der Waals surface area contributed by atoms with E-state index in [1.807, 2.05) is 6.92 Å². The molecule has 1 N–H and O–H groups in total. The van der Waals surface area contributed by atoms with Crippen molar-refractivity contribution in [2.75, 3.05) is 4.90 Å². The Kier molecular flexibility index (Phi) is 4.90. The maximum atomic E-state index is 12.9. The molecule has 9 heteroatoms. The maximum absolute atomic E-state index is 12.9. The zero-order valence-corrected chi connectivity index (χ0v) is 15.3. The Morgan fingerprint density at radius 3 is 2.44 bits per heavy atom. The van der Waals surface area contributed by atoms with Gasteiger partial charge in [0.2, 0.25) is 0 Å². The van der Waals surface area contributed by atoms with E-state index >= 15 is 0 Å². The van der Waals surface area contributed by atoms with E-state index in [-0.39, 0.29) is 28.8 Å². The van der Waals surface area contributed by atoms with Crippen LogP contribution in [-0.2, 0) is 11.2 Å². The minimum absolute atomic E-state index is 0.0199. The number of carbonyl (C=O) groups excluding carboxylic acids is 2. The second-order valence-electron chi connectivity index (χ2n) is 6.42. The molecule has 0 spiro atoms. The van der Waals surface area contributed by atoms with Crippen LogP contribution in [-0.4, -0.2) is 28.0 Å². The summed E-state index contributed by atoms with van der Waals surface area (Å²) in [6.07, 6.45) is 3.57. The molecule has 27 heavy (non-hydrogen) atoms. The van der Waals surface area contributed by atoms with Crippen molar-refractivity contribution in [3.8, 4) is 0 Å². The number of aromatic nitrogens is 1. The van der Waals surface area contributed by atoms with Crippen molar-refractivity contribution >= 4 is 29.4 Å². The van der Waals surface area contributed by atoms with E-state index in [0.717, 1.165) is 16.0 Å². The molecule has 5 nitrogen and oxygen atoms in total. The van der Waals surface area contributed by atoms with Crippen molar-refractivity contribution in [2.24, 2.45) is 0 Å². The minimum atomic E-state index is -4.40. The van der Waals surface area contributed by atoms with Crippen LogP contribution in [0.5, 0.6) is 0 Å². The van der Waals surface area contributed by atoms with Crippen molar-refractivity contribution in [1.82, 2.24) is 10.3 Å². The summed E-state index contributed by atoms with van der Waals surface area (Å²) in [6.45, 7) is 3.49. The molecule has 2 aromatic rings. The van der Waals surface area contributed by atoms with Gasteiger partial charge in [-0.05, 0) is 67.1 Å². The molecule has 1 aromatic carbocycles. The molecule has 0 saturated carbocycles. The van der Waals surface area contributed by atoms with E-state index in [4.69, 9.17) is 0 Å². The molecule has 2 heterocycles. The molecule has 142 valence electrons. The van der Waals surface area contributed by atoms with E-state index in [1.54, 1.807) is 25.4 Å². The number of carbonyl (C=O) groups is 2. The van der Waals surface area contributed by atoms with Gasteiger partial charge in [-0.15, -0.1) is 0 Å². The van der Waals surface area contributed by atoms with Crippen molar-refractivity contribution in [2.45, 2.75) is 36.2 Å². The molecule has 3 amide bonds. The second kappa shape index (κ2) is 6.88. The predicted octanol–water partition coefficient (Wildman–Crippen LogP) is 4.06. The summed E-state index contributed by atoms with van der Waals surface area (Å²) in [4.78, 5) is 30.2. The van der Waals surface area contributed by atoms with Crippen molar-refractivity contribution < 1.29 is 22.8 Å². The zero-order valence-electron chi connectivity index (χ0n) is 14.5. The first-order valence-corrected chi connectivity index (χ1v) is 8.83.